The average molecular weight is 948 g/mol. The number of hydrogen-bond acceptors (Lipinski definition) is 6. The van der Waals surface area contributed by atoms with E-state index < -0.39 is 6.10 Å². The molecule has 2 atom stereocenters. The molecular weight excluding hydrogens is 829 g/mol. The molecule has 0 aromatic carbocycles. The molecule has 0 aromatic heterocycles. The van der Waals surface area contributed by atoms with Gasteiger partial charge in [-0.3, -0.25) is 14.4 Å². The molecule has 1 unspecified atom stereocenters. The highest BCUT2D eigenvalue weighted by atomic mass is 16.6. The summed E-state index contributed by atoms with van der Waals surface area (Å²) in [5, 5.41) is 0. The van der Waals surface area contributed by atoms with Crippen molar-refractivity contribution in [3.63, 3.8) is 0 Å². The van der Waals surface area contributed by atoms with Crippen molar-refractivity contribution in [3.8, 4) is 0 Å². The van der Waals surface area contributed by atoms with E-state index >= 15 is 0 Å². The molecule has 0 fully saturated rings. The van der Waals surface area contributed by atoms with Gasteiger partial charge in [0.25, 0.3) is 0 Å². The highest BCUT2D eigenvalue weighted by Crippen LogP contribution is 2.19. The molecule has 0 aliphatic carbocycles. The SMILES string of the molecule is CCCCCCCCCCCCCCCC(=O)O[C@@H](COC(=O)CCCCCCCCCCCCCCCCCCCCC(C)CC)COC(=O)CCCCCCCCCCCCCC(C)C. The van der Waals surface area contributed by atoms with Crippen LogP contribution >= 0.6 is 0 Å². The normalized spacial score (nSPS) is 12.4. The van der Waals surface area contributed by atoms with Crippen LogP contribution in [-0.2, 0) is 28.6 Å². The van der Waals surface area contributed by atoms with Gasteiger partial charge < -0.3 is 14.2 Å². The molecule has 0 saturated carbocycles. The number of esters is 3. The van der Waals surface area contributed by atoms with Crippen molar-refractivity contribution in [2.24, 2.45) is 11.8 Å². The largest absolute Gasteiger partial charge is 0.462 e. The van der Waals surface area contributed by atoms with Gasteiger partial charge in [0.05, 0.1) is 0 Å². The fraction of sp³-hybridized carbons (Fsp3) is 0.951. The summed E-state index contributed by atoms with van der Waals surface area (Å²) in [6, 6.07) is 0. The number of ether oxygens (including phenoxy) is 3. The van der Waals surface area contributed by atoms with Crippen LogP contribution in [0.3, 0.4) is 0 Å². The van der Waals surface area contributed by atoms with Gasteiger partial charge in [-0.25, -0.2) is 0 Å². The van der Waals surface area contributed by atoms with Gasteiger partial charge in [-0.05, 0) is 31.1 Å². The minimum atomic E-state index is -0.762. The van der Waals surface area contributed by atoms with Gasteiger partial charge in [-0.2, -0.15) is 0 Å². The molecule has 6 nitrogen and oxygen atoms in total. The molecule has 0 amide bonds. The van der Waals surface area contributed by atoms with E-state index in [2.05, 4.69) is 34.6 Å². The zero-order valence-electron chi connectivity index (χ0n) is 46.0. The van der Waals surface area contributed by atoms with Gasteiger partial charge in [0.15, 0.2) is 6.10 Å². The van der Waals surface area contributed by atoms with Crippen molar-refractivity contribution in [1.82, 2.24) is 0 Å². The minimum Gasteiger partial charge on any atom is -0.462 e. The number of rotatable bonds is 55. The Morgan fingerprint density at radius 3 is 0.851 bits per heavy atom. The summed E-state index contributed by atoms with van der Waals surface area (Å²) in [7, 11) is 0. The molecule has 398 valence electrons. The molecule has 0 aromatic rings. The second kappa shape index (κ2) is 53.8. The summed E-state index contributed by atoms with van der Waals surface area (Å²) in [6.45, 7) is 11.5. The Balaban J connectivity index is 4.22. The number of carbonyl (C=O) groups is 3. The molecule has 0 rings (SSSR count). The Labute approximate surface area is 418 Å². The average Bonchev–Trinajstić information content (AvgIpc) is 3.31. The molecule has 67 heavy (non-hydrogen) atoms. The van der Waals surface area contributed by atoms with Crippen molar-refractivity contribution < 1.29 is 28.6 Å². The molecule has 0 aliphatic rings. The van der Waals surface area contributed by atoms with Crippen LogP contribution in [0.4, 0.5) is 0 Å². The topological polar surface area (TPSA) is 78.9 Å². The number of hydrogen-bond donors (Lipinski definition) is 0. The van der Waals surface area contributed by atoms with E-state index in [4.69, 9.17) is 14.2 Å². The standard InChI is InChI=1S/C61H118O6/c1-6-8-9-10-11-12-13-20-27-33-38-43-48-53-61(64)67-58(55-66-60(63)52-47-42-37-32-28-23-24-29-34-39-44-49-56(3)4)54-65-59(62)51-46-41-36-31-26-22-19-17-15-14-16-18-21-25-30-35-40-45-50-57(5)7-2/h56-58H,6-55H2,1-5H3/t57?,58-/m0/s1. The summed E-state index contributed by atoms with van der Waals surface area (Å²) < 4.78 is 16.9. The maximum atomic E-state index is 12.8. The second-order valence-electron chi connectivity index (χ2n) is 21.7. The lowest BCUT2D eigenvalue weighted by molar-refractivity contribution is -0.167. The third-order valence-electron chi connectivity index (χ3n) is 14.3. The van der Waals surface area contributed by atoms with Crippen molar-refractivity contribution in [2.45, 2.75) is 349 Å². The van der Waals surface area contributed by atoms with Crippen LogP contribution in [0.25, 0.3) is 0 Å². The van der Waals surface area contributed by atoms with E-state index in [1.54, 1.807) is 0 Å². The van der Waals surface area contributed by atoms with E-state index in [-0.39, 0.29) is 31.1 Å². The molecular formula is C61H118O6. The first kappa shape index (κ1) is 65.4. The van der Waals surface area contributed by atoms with Crippen LogP contribution < -0.4 is 0 Å². The predicted molar refractivity (Wildman–Crippen MR) is 289 cm³/mol. The molecule has 0 heterocycles. The maximum absolute atomic E-state index is 12.8. The molecule has 0 N–H and O–H groups in total. The third kappa shape index (κ3) is 53.6. The van der Waals surface area contributed by atoms with Crippen LogP contribution in [0.15, 0.2) is 0 Å². The zero-order chi connectivity index (χ0) is 48.9. The van der Waals surface area contributed by atoms with Crippen LogP contribution in [0.5, 0.6) is 0 Å². The van der Waals surface area contributed by atoms with Gasteiger partial charge in [0.2, 0.25) is 0 Å². The first-order valence-corrected chi connectivity index (χ1v) is 30.3. The zero-order valence-corrected chi connectivity index (χ0v) is 46.0. The Morgan fingerprint density at radius 1 is 0.313 bits per heavy atom. The molecule has 0 radical (unpaired) electrons. The van der Waals surface area contributed by atoms with Gasteiger partial charge in [-0.1, -0.05) is 304 Å². The van der Waals surface area contributed by atoms with Crippen molar-refractivity contribution >= 4 is 17.9 Å². The fourth-order valence-electron chi connectivity index (χ4n) is 9.37. The van der Waals surface area contributed by atoms with Gasteiger partial charge in [0, 0.05) is 19.3 Å². The summed E-state index contributed by atoms with van der Waals surface area (Å²) in [5.41, 5.74) is 0. The maximum Gasteiger partial charge on any atom is 0.306 e. The van der Waals surface area contributed by atoms with E-state index in [0.29, 0.717) is 19.3 Å². The van der Waals surface area contributed by atoms with Crippen LogP contribution in [0, 0.1) is 11.8 Å². The van der Waals surface area contributed by atoms with E-state index in [1.807, 2.05) is 0 Å². The van der Waals surface area contributed by atoms with Crippen molar-refractivity contribution in [3.05, 3.63) is 0 Å². The van der Waals surface area contributed by atoms with Crippen molar-refractivity contribution in [2.75, 3.05) is 13.2 Å². The molecule has 0 spiro atoms. The molecule has 6 heteroatoms. The minimum absolute atomic E-state index is 0.0624. The first-order chi connectivity index (χ1) is 32.8. The highest BCUT2D eigenvalue weighted by Gasteiger charge is 2.19. The monoisotopic (exact) mass is 947 g/mol. The quantitative estimate of drug-likeness (QED) is 0.0343. The summed E-state index contributed by atoms with van der Waals surface area (Å²) in [4.78, 5) is 38.2. The molecule has 0 bridgehead atoms. The first-order valence-electron chi connectivity index (χ1n) is 30.3. The van der Waals surface area contributed by atoms with Gasteiger partial charge >= 0.3 is 17.9 Å². The summed E-state index contributed by atoms with van der Waals surface area (Å²) in [5.74, 6) is 0.900. The summed E-state index contributed by atoms with van der Waals surface area (Å²) in [6.07, 6.45) is 58.1. The smallest absolute Gasteiger partial charge is 0.306 e. The lowest BCUT2D eigenvalue weighted by atomic mass is 9.99. The van der Waals surface area contributed by atoms with Crippen LogP contribution in [0.2, 0.25) is 0 Å². The van der Waals surface area contributed by atoms with E-state index in [9.17, 15) is 14.4 Å². The highest BCUT2D eigenvalue weighted by molar-refractivity contribution is 5.71. The number of carbonyl (C=O) groups excluding carboxylic acids is 3. The molecule has 0 aliphatic heterocycles. The lowest BCUT2D eigenvalue weighted by Gasteiger charge is -2.18. The predicted octanol–water partition coefficient (Wildman–Crippen LogP) is 20.0. The lowest BCUT2D eigenvalue weighted by Crippen LogP contribution is -2.30. The Bertz CT molecular complexity index is 1030. The van der Waals surface area contributed by atoms with Gasteiger partial charge in [0.1, 0.15) is 13.2 Å². The third-order valence-corrected chi connectivity index (χ3v) is 14.3. The van der Waals surface area contributed by atoms with Crippen LogP contribution in [-0.4, -0.2) is 37.2 Å². The van der Waals surface area contributed by atoms with E-state index in [1.165, 1.54) is 231 Å². The molecule has 0 saturated heterocycles. The summed E-state index contributed by atoms with van der Waals surface area (Å²) >= 11 is 0. The van der Waals surface area contributed by atoms with Crippen LogP contribution in [0.1, 0.15) is 343 Å². The Morgan fingerprint density at radius 2 is 0.567 bits per heavy atom. The Kier molecular flexibility index (Phi) is 52.5. The second-order valence-corrected chi connectivity index (χ2v) is 21.7. The fourth-order valence-corrected chi connectivity index (χ4v) is 9.37. The van der Waals surface area contributed by atoms with E-state index in [0.717, 1.165) is 69.6 Å². The van der Waals surface area contributed by atoms with Crippen molar-refractivity contribution in [1.29, 1.82) is 0 Å². The number of unbranched alkanes of at least 4 members (excludes halogenated alkanes) is 39. The van der Waals surface area contributed by atoms with Gasteiger partial charge in [-0.15, -0.1) is 0 Å². The Hall–Kier alpha value is -1.59.